The first-order valence-corrected chi connectivity index (χ1v) is 8.24. The Morgan fingerprint density at radius 3 is 2.61 bits per heavy atom. The topological polar surface area (TPSA) is 78.4 Å². The van der Waals surface area contributed by atoms with Gasteiger partial charge in [0.05, 0.1) is 5.56 Å². The van der Waals surface area contributed by atoms with Crippen LogP contribution in [0.3, 0.4) is 0 Å². The summed E-state index contributed by atoms with van der Waals surface area (Å²) in [4.78, 5) is 22.9. The van der Waals surface area contributed by atoms with Crippen LogP contribution in [0.2, 0.25) is 0 Å². The van der Waals surface area contributed by atoms with Crippen LogP contribution in [0.1, 0.15) is 23.2 Å². The van der Waals surface area contributed by atoms with Crippen molar-refractivity contribution in [1.29, 1.82) is 0 Å². The van der Waals surface area contributed by atoms with Gasteiger partial charge in [0.2, 0.25) is 5.95 Å². The summed E-state index contributed by atoms with van der Waals surface area (Å²) in [6, 6.07) is 6.75. The zero-order valence-electron chi connectivity index (χ0n) is 12.4. The van der Waals surface area contributed by atoms with E-state index in [9.17, 15) is 9.90 Å². The van der Waals surface area contributed by atoms with Crippen LogP contribution >= 0.6 is 15.9 Å². The zero-order chi connectivity index (χ0) is 16.2. The van der Waals surface area contributed by atoms with Gasteiger partial charge in [0.25, 0.3) is 5.91 Å². The second kappa shape index (κ2) is 6.95. The van der Waals surface area contributed by atoms with Crippen molar-refractivity contribution >= 4 is 27.8 Å². The Hall–Kier alpha value is -2.15. The highest BCUT2D eigenvalue weighted by Gasteiger charge is 2.23. The van der Waals surface area contributed by atoms with E-state index in [4.69, 9.17) is 0 Å². The van der Waals surface area contributed by atoms with Gasteiger partial charge in [0.1, 0.15) is 5.75 Å². The van der Waals surface area contributed by atoms with E-state index < -0.39 is 0 Å². The van der Waals surface area contributed by atoms with Crippen molar-refractivity contribution in [3.8, 4) is 5.75 Å². The predicted octanol–water partition coefficient (Wildman–Crippen LogP) is 2.34. The van der Waals surface area contributed by atoms with E-state index >= 15 is 0 Å². The maximum Gasteiger partial charge on any atom is 0.255 e. The predicted molar refractivity (Wildman–Crippen MR) is 90.5 cm³/mol. The Balaban J connectivity index is 1.57. The number of hydrogen-bond acceptors (Lipinski definition) is 5. The van der Waals surface area contributed by atoms with Crippen LogP contribution in [0.15, 0.2) is 41.1 Å². The molecule has 0 bridgehead atoms. The molecule has 0 aliphatic carbocycles. The molecule has 3 rings (SSSR count). The molecule has 6 nitrogen and oxygen atoms in total. The molecule has 0 unspecified atom stereocenters. The number of carbonyl (C=O) groups is 1. The summed E-state index contributed by atoms with van der Waals surface area (Å²) in [6.45, 7) is 1.59. The Bertz CT molecular complexity index is 688. The number of piperidine rings is 1. The number of benzene rings is 1. The summed E-state index contributed by atoms with van der Waals surface area (Å²) in [5.74, 6) is 0.458. The SMILES string of the molecule is O=C(NC1CCN(c2ncccn2)CC1)c1ccc(Br)cc1O. The molecular formula is C16H17BrN4O2. The minimum atomic E-state index is -0.246. The van der Waals surface area contributed by atoms with Crippen LogP contribution in [0.4, 0.5) is 5.95 Å². The molecule has 0 atom stereocenters. The largest absolute Gasteiger partial charge is 0.507 e. The fourth-order valence-electron chi connectivity index (χ4n) is 2.64. The molecule has 1 fully saturated rings. The molecule has 1 aromatic heterocycles. The van der Waals surface area contributed by atoms with Gasteiger partial charge in [-0.3, -0.25) is 4.79 Å². The van der Waals surface area contributed by atoms with E-state index in [1.165, 1.54) is 6.07 Å². The Morgan fingerprint density at radius 1 is 1.26 bits per heavy atom. The highest BCUT2D eigenvalue weighted by molar-refractivity contribution is 9.10. The number of rotatable bonds is 3. The van der Waals surface area contributed by atoms with E-state index in [0.29, 0.717) is 5.56 Å². The van der Waals surface area contributed by atoms with Crippen molar-refractivity contribution < 1.29 is 9.90 Å². The van der Waals surface area contributed by atoms with Crippen molar-refractivity contribution in [3.05, 3.63) is 46.7 Å². The van der Waals surface area contributed by atoms with Gasteiger partial charge in [0.15, 0.2) is 0 Å². The summed E-state index contributed by atoms with van der Waals surface area (Å²) in [5, 5.41) is 12.9. The van der Waals surface area contributed by atoms with Gasteiger partial charge in [-0.1, -0.05) is 15.9 Å². The molecule has 1 aromatic carbocycles. The highest BCUT2D eigenvalue weighted by Crippen LogP contribution is 2.23. The summed E-state index contributed by atoms with van der Waals surface area (Å²) in [7, 11) is 0. The summed E-state index contributed by atoms with van der Waals surface area (Å²) in [6.07, 6.45) is 5.10. The number of anilines is 1. The molecule has 1 aliphatic rings. The molecule has 2 heterocycles. The monoisotopic (exact) mass is 376 g/mol. The summed E-state index contributed by atoms with van der Waals surface area (Å²) >= 11 is 3.26. The first-order valence-electron chi connectivity index (χ1n) is 7.45. The lowest BCUT2D eigenvalue weighted by atomic mass is 10.0. The molecule has 1 saturated heterocycles. The van der Waals surface area contributed by atoms with Crippen molar-refractivity contribution in [3.63, 3.8) is 0 Å². The van der Waals surface area contributed by atoms with Crippen LogP contribution < -0.4 is 10.2 Å². The second-order valence-corrected chi connectivity index (χ2v) is 6.36. The first kappa shape index (κ1) is 15.7. The molecule has 0 spiro atoms. The maximum absolute atomic E-state index is 12.3. The molecule has 23 heavy (non-hydrogen) atoms. The third-order valence-corrected chi connectivity index (χ3v) is 4.36. The zero-order valence-corrected chi connectivity index (χ0v) is 14.0. The quantitative estimate of drug-likeness (QED) is 0.859. The minimum Gasteiger partial charge on any atom is -0.507 e. The lowest BCUT2D eigenvalue weighted by Gasteiger charge is -2.32. The van der Waals surface area contributed by atoms with Gasteiger partial charge in [0, 0.05) is 36.0 Å². The van der Waals surface area contributed by atoms with Crippen molar-refractivity contribution in [2.24, 2.45) is 0 Å². The number of amides is 1. The average molecular weight is 377 g/mol. The number of carbonyl (C=O) groups excluding carboxylic acids is 1. The second-order valence-electron chi connectivity index (χ2n) is 5.45. The number of hydrogen-bond donors (Lipinski definition) is 2. The van der Waals surface area contributed by atoms with Crippen LogP contribution in [0.25, 0.3) is 0 Å². The van der Waals surface area contributed by atoms with E-state index in [0.717, 1.165) is 36.4 Å². The van der Waals surface area contributed by atoms with E-state index in [1.807, 2.05) is 0 Å². The number of aromatic hydroxyl groups is 1. The van der Waals surface area contributed by atoms with Crippen LogP contribution in [0.5, 0.6) is 5.75 Å². The van der Waals surface area contributed by atoms with Crippen molar-refractivity contribution in [1.82, 2.24) is 15.3 Å². The molecule has 0 radical (unpaired) electrons. The Kier molecular flexibility index (Phi) is 4.76. The van der Waals surface area contributed by atoms with E-state index in [1.54, 1.807) is 30.6 Å². The van der Waals surface area contributed by atoms with Gasteiger partial charge >= 0.3 is 0 Å². The van der Waals surface area contributed by atoms with Crippen LogP contribution in [0, 0.1) is 0 Å². The van der Waals surface area contributed by atoms with Gasteiger partial charge in [-0.15, -0.1) is 0 Å². The highest BCUT2D eigenvalue weighted by atomic mass is 79.9. The standard InChI is InChI=1S/C16H17BrN4O2/c17-11-2-3-13(14(22)10-11)15(23)20-12-4-8-21(9-5-12)16-18-6-1-7-19-16/h1-3,6-7,10,12,22H,4-5,8-9H2,(H,20,23). The van der Waals surface area contributed by atoms with E-state index in [2.05, 4.69) is 36.1 Å². The smallest absolute Gasteiger partial charge is 0.255 e. The van der Waals surface area contributed by atoms with Crippen LogP contribution in [-0.4, -0.2) is 40.1 Å². The van der Waals surface area contributed by atoms with Gasteiger partial charge < -0.3 is 15.3 Å². The fraction of sp³-hybridized carbons (Fsp3) is 0.312. The third-order valence-electron chi connectivity index (χ3n) is 3.87. The Labute approximate surface area is 142 Å². The fourth-order valence-corrected chi connectivity index (χ4v) is 2.99. The number of phenolic OH excluding ortho intramolecular Hbond substituents is 1. The molecule has 1 amide bonds. The van der Waals surface area contributed by atoms with Crippen LogP contribution in [-0.2, 0) is 0 Å². The number of aromatic nitrogens is 2. The number of nitrogens with zero attached hydrogens (tertiary/aromatic N) is 3. The molecule has 2 N–H and O–H groups in total. The van der Waals surface area contributed by atoms with Gasteiger partial charge in [-0.2, -0.15) is 0 Å². The number of phenols is 1. The molecule has 120 valence electrons. The first-order chi connectivity index (χ1) is 11.1. The number of nitrogens with one attached hydrogen (secondary N) is 1. The lowest BCUT2D eigenvalue weighted by Crippen LogP contribution is -2.45. The maximum atomic E-state index is 12.3. The van der Waals surface area contributed by atoms with E-state index in [-0.39, 0.29) is 17.7 Å². The molecule has 7 heteroatoms. The Morgan fingerprint density at radius 2 is 1.96 bits per heavy atom. The van der Waals surface area contributed by atoms with Gasteiger partial charge in [-0.05, 0) is 37.1 Å². The lowest BCUT2D eigenvalue weighted by molar-refractivity contribution is 0.0928. The molecular weight excluding hydrogens is 360 g/mol. The van der Waals surface area contributed by atoms with Gasteiger partial charge in [-0.25, -0.2) is 9.97 Å². The number of halogens is 1. The minimum absolute atomic E-state index is 0.0213. The molecule has 0 saturated carbocycles. The average Bonchev–Trinajstić information content (AvgIpc) is 2.56. The molecule has 2 aromatic rings. The molecule has 1 aliphatic heterocycles. The normalized spacial score (nSPS) is 15.4. The summed E-state index contributed by atoms with van der Waals surface area (Å²) < 4.78 is 0.739. The van der Waals surface area contributed by atoms with Crippen molar-refractivity contribution in [2.75, 3.05) is 18.0 Å². The third kappa shape index (κ3) is 3.79. The summed E-state index contributed by atoms with van der Waals surface area (Å²) in [5.41, 5.74) is 0.294. The van der Waals surface area contributed by atoms with Crippen molar-refractivity contribution in [2.45, 2.75) is 18.9 Å².